The first kappa shape index (κ1) is 24.1. The fourth-order valence-corrected chi connectivity index (χ4v) is 2.95. The number of benzene rings is 1. The molecule has 0 bridgehead atoms. The molecule has 11 nitrogen and oxygen atoms in total. The van der Waals surface area contributed by atoms with Crippen molar-refractivity contribution in [3.8, 4) is 0 Å². The van der Waals surface area contributed by atoms with E-state index in [-0.39, 0.29) is 31.4 Å². The largest absolute Gasteiger partial charge is 0.480 e. The first-order valence-electron chi connectivity index (χ1n) is 10.1. The van der Waals surface area contributed by atoms with E-state index in [2.05, 4.69) is 16.1 Å². The molecule has 1 heterocycles. The Balaban J connectivity index is 1.76. The zero-order chi connectivity index (χ0) is 22.8. The van der Waals surface area contributed by atoms with Gasteiger partial charge in [-0.2, -0.15) is 5.48 Å². The number of amides is 2. The van der Waals surface area contributed by atoms with Gasteiger partial charge in [0.05, 0.1) is 25.2 Å². The molecule has 1 aliphatic rings. The molecule has 0 spiro atoms. The second kappa shape index (κ2) is 11.9. The summed E-state index contributed by atoms with van der Waals surface area (Å²) in [6.07, 6.45) is 0.859. The van der Waals surface area contributed by atoms with E-state index in [1.165, 1.54) is 0 Å². The van der Waals surface area contributed by atoms with Crippen LogP contribution >= 0.6 is 0 Å². The summed E-state index contributed by atoms with van der Waals surface area (Å²) in [6, 6.07) is 5.74. The number of nitrogens with two attached hydrogens (primary N) is 1. The summed E-state index contributed by atoms with van der Waals surface area (Å²) in [6.45, 7) is 1.87. The lowest BCUT2D eigenvalue weighted by atomic mass is 9.99. The summed E-state index contributed by atoms with van der Waals surface area (Å²) in [7, 11) is 0. The summed E-state index contributed by atoms with van der Waals surface area (Å²) < 4.78 is 4.88. The van der Waals surface area contributed by atoms with Crippen LogP contribution in [0.25, 0.3) is 0 Å². The minimum absolute atomic E-state index is 0.0138. The Labute approximate surface area is 180 Å². The van der Waals surface area contributed by atoms with Gasteiger partial charge in [0.25, 0.3) is 0 Å². The molecule has 3 atom stereocenters. The minimum atomic E-state index is -1.30. The maximum absolute atomic E-state index is 12.2. The van der Waals surface area contributed by atoms with Gasteiger partial charge in [-0.05, 0) is 18.4 Å². The van der Waals surface area contributed by atoms with Crippen molar-refractivity contribution in [1.82, 2.24) is 16.1 Å². The quantitative estimate of drug-likeness (QED) is 0.168. The number of hydroxylamine groups is 1. The number of carboxylic acids is 1. The molecule has 31 heavy (non-hydrogen) atoms. The lowest BCUT2D eigenvalue weighted by molar-refractivity contribution is -0.139. The standard InChI is InChI=1S/C20H29N5O6/c1-2-3-8-30-20(29)24-16(19(27)28)11-23-17(26)10-14-9-15(25-31-14)12-4-6-13(7-5-12)18(21)22/h4-7,14-16,25H,2-3,8-11H2,1H3,(H3,21,22)(H,23,26)(H,24,29)(H,27,28)/t14-,15+,16+/m1/s1. The molecule has 0 aliphatic carbocycles. The fraction of sp³-hybridized carbons (Fsp3) is 0.500. The first-order chi connectivity index (χ1) is 14.8. The summed E-state index contributed by atoms with van der Waals surface area (Å²) in [5, 5.41) is 21.4. The van der Waals surface area contributed by atoms with Gasteiger partial charge in [-0.25, -0.2) is 9.59 Å². The highest BCUT2D eigenvalue weighted by atomic mass is 16.7. The van der Waals surface area contributed by atoms with Crippen molar-refractivity contribution >= 4 is 23.8 Å². The van der Waals surface area contributed by atoms with Gasteiger partial charge >= 0.3 is 12.1 Å². The van der Waals surface area contributed by atoms with Gasteiger partial charge < -0.3 is 26.2 Å². The van der Waals surface area contributed by atoms with Crippen LogP contribution in [0.3, 0.4) is 0 Å². The van der Waals surface area contributed by atoms with Crippen molar-refractivity contribution in [1.29, 1.82) is 5.41 Å². The number of aliphatic carboxylic acids is 1. The van der Waals surface area contributed by atoms with Gasteiger partial charge in [0.1, 0.15) is 11.9 Å². The SMILES string of the molecule is CCCCOC(=O)N[C@@H](CNC(=O)C[C@H]1C[C@@H](c2ccc(C(=N)N)cc2)NO1)C(=O)O. The van der Waals surface area contributed by atoms with E-state index in [0.29, 0.717) is 18.4 Å². The predicted molar refractivity (Wildman–Crippen MR) is 111 cm³/mol. The van der Waals surface area contributed by atoms with Crippen LogP contribution in [0.15, 0.2) is 24.3 Å². The number of nitrogens with one attached hydrogen (secondary N) is 4. The van der Waals surface area contributed by atoms with E-state index in [1.54, 1.807) is 12.1 Å². The number of hydrogen-bond acceptors (Lipinski definition) is 7. The number of amidine groups is 1. The summed E-state index contributed by atoms with van der Waals surface area (Å²) in [5.74, 6) is -1.69. The third-order valence-electron chi connectivity index (χ3n) is 4.74. The van der Waals surface area contributed by atoms with E-state index >= 15 is 0 Å². The van der Waals surface area contributed by atoms with Crippen molar-refractivity contribution in [2.75, 3.05) is 13.2 Å². The van der Waals surface area contributed by atoms with Crippen molar-refractivity contribution < 1.29 is 29.1 Å². The molecule has 2 amide bonds. The summed E-state index contributed by atoms with van der Waals surface area (Å²) in [5.41, 5.74) is 9.88. The zero-order valence-corrected chi connectivity index (χ0v) is 17.3. The zero-order valence-electron chi connectivity index (χ0n) is 17.3. The molecule has 1 aromatic carbocycles. The first-order valence-corrected chi connectivity index (χ1v) is 10.1. The highest BCUT2D eigenvalue weighted by molar-refractivity contribution is 5.94. The molecule has 0 saturated carbocycles. The molecule has 1 saturated heterocycles. The van der Waals surface area contributed by atoms with E-state index in [0.717, 1.165) is 12.0 Å². The number of unbranched alkanes of at least 4 members (excludes halogenated alkanes) is 1. The molecule has 11 heteroatoms. The maximum atomic E-state index is 12.2. The van der Waals surface area contributed by atoms with Crippen LogP contribution in [0.4, 0.5) is 4.79 Å². The molecule has 1 aromatic rings. The van der Waals surface area contributed by atoms with Gasteiger partial charge in [0.15, 0.2) is 0 Å². The highest BCUT2D eigenvalue weighted by Gasteiger charge is 2.29. The van der Waals surface area contributed by atoms with Gasteiger partial charge in [-0.15, -0.1) is 0 Å². The van der Waals surface area contributed by atoms with Gasteiger partial charge in [0, 0.05) is 12.1 Å². The highest BCUT2D eigenvalue weighted by Crippen LogP contribution is 2.27. The Morgan fingerprint density at radius 2 is 2.06 bits per heavy atom. The minimum Gasteiger partial charge on any atom is -0.480 e. The summed E-state index contributed by atoms with van der Waals surface area (Å²) >= 11 is 0. The molecule has 0 radical (unpaired) electrons. The molecule has 7 N–H and O–H groups in total. The van der Waals surface area contributed by atoms with Crippen LogP contribution < -0.4 is 21.8 Å². The number of ether oxygens (including phenoxy) is 1. The number of alkyl carbamates (subject to hydrolysis) is 1. The van der Waals surface area contributed by atoms with E-state index in [1.807, 2.05) is 19.1 Å². The second-order valence-corrected chi connectivity index (χ2v) is 7.21. The number of carboxylic acid groups (broad SMARTS) is 1. The van der Waals surface area contributed by atoms with Crippen molar-refractivity contribution in [2.24, 2.45) is 5.73 Å². The Kier molecular flexibility index (Phi) is 9.22. The number of rotatable bonds is 11. The molecule has 2 rings (SSSR count). The molecule has 0 unspecified atom stereocenters. The van der Waals surface area contributed by atoms with E-state index in [9.17, 15) is 19.5 Å². The van der Waals surface area contributed by atoms with Crippen molar-refractivity contribution in [3.63, 3.8) is 0 Å². The van der Waals surface area contributed by atoms with E-state index in [4.69, 9.17) is 20.7 Å². The van der Waals surface area contributed by atoms with Gasteiger partial charge in [-0.1, -0.05) is 37.6 Å². The second-order valence-electron chi connectivity index (χ2n) is 7.21. The third-order valence-corrected chi connectivity index (χ3v) is 4.74. The van der Waals surface area contributed by atoms with Gasteiger partial charge in [0.2, 0.25) is 5.91 Å². The third kappa shape index (κ3) is 7.87. The molecule has 170 valence electrons. The maximum Gasteiger partial charge on any atom is 0.407 e. The van der Waals surface area contributed by atoms with Crippen LogP contribution in [-0.4, -0.2) is 54.2 Å². The number of carbonyl (C=O) groups is 3. The van der Waals surface area contributed by atoms with Gasteiger partial charge in [-0.3, -0.25) is 15.0 Å². The molecule has 0 aromatic heterocycles. The van der Waals surface area contributed by atoms with Crippen LogP contribution in [0.2, 0.25) is 0 Å². The van der Waals surface area contributed by atoms with E-state index < -0.39 is 30.1 Å². The topological polar surface area (TPSA) is 176 Å². The smallest absolute Gasteiger partial charge is 0.407 e. The average molecular weight is 435 g/mol. The number of carbonyl (C=O) groups excluding carboxylic acids is 2. The van der Waals surface area contributed by atoms with Crippen molar-refractivity contribution in [2.45, 2.75) is 50.8 Å². The molecule has 1 fully saturated rings. The Hall–Kier alpha value is -3.18. The Morgan fingerprint density at radius 1 is 1.35 bits per heavy atom. The van der Waals surface area contributed by atoms with Crippen LogP contribution in [0, 0.1) is 5.41 Å². The Morgan fingerprint density at radius 3 is 2.68 bits per heavy atom. The monoisotopic (exact) mass is 435 g/mol. The van der Waals surface area contributed by atoms with Crippen LogP contribution in [0.5, 0.6) is 0 Å². The summed E-state index contributed by atoms with van der Waals surface area (Å²) in [4.78, 5) is 40.6. The molecular formula is C20H29N5O6. The number of hydrogen-bond donors (Lipinski definition) is 6. The predicted octanol–water partition coefficient (Wildman–Crippen LogP) is 0.791. The number of nitrogen functional groups attached to an aromatic ring is 1. The Bertz CT molecular complexity index is 785. The van der Waals surface area contributed by atoms with Crippen LogP contribution in [0.1, 0.15) is 49.8 Å². The fourth-order valence-electron chi connectivity index (χ4n) is 2.95. The average Bonchev–Trinajstić information content (AvgIpc) is 3.19. The van der Waals surface area contributed by atoms with Crippen LogP contribution in [-0.2, 0) is 19.2 Å². The lowest BCUT2D eigenvalue weighted by Crippen LogP contribution is -2.48. The normalized spacial score (nSPS) is 18.7. The molecule has 1 aliphatic heterocycles. The van der Waals surface area contributed by atoms with Crippen molar-refractivity contribution in [3.05, 3.63) is 35.4 Å². The lowest BCUT2D eigenvalue weighted by Gasteiger charge is -2.16. The molecular weight excluding hydrogens is 406 g/mol.